The van der Waals surface area contributed by atoms with E-state index in [1.807, 2.05) is 0 Å². The molecule has 24 heavy (non-hydrogen) atoms. The van der Waals surface area contributed by atoms with Crippen LogP contribution < -0.4 is 4.72 Å². The van der Waals surface area contributed by atoms with Gasteiger partial charge in [-0.05, 0) is 36.6 Å². The molecular formula is C15H15FN4O3S. The molecule has 1 aliphatic rings. The van der Waals surface area contributed by atoms with Crippen LogP contribution in [0.25, 0.3) is 10.9 Å². The molecule has 7 nitrogen and oxygen atoms in total. The van der Waals surface area contributed by atoms with Crippen molar-refractivity contribution in [2.24, 2.45) is 0 Å². The van der Waals surface area contributed by atoms with Gasteiger partial charge in [0.1, 0.15) is 5.82 Å². The molecule has 2 N–H and O–H groups in total. The van der Waals surface area contributed by atoms with Gasteiger partial charge in [-0.25, -0.2) is 17.5 Å². The van der Waals surface area contributed by atoms with E-state index in [9.17, 15) is 12.8 Å². The summed E-state index contributed by atoms with van der Waals surface area (Å²) in [6.07, 6.45) is 3.53. The number of nitrogens with one attached hydrogen (secondary N) is 2. The SMILES string of the molecule is O=S(=O)(NCc1nc(Cc2c[nH]c3ccc(F)cc23)no1)C1CC1. The van der Waals surface area contributed by atoms with Gasteiger partial charge in [0, 0.05) is 23.5 Å². The number of fused-ring (bicyclic) bond motifs is 1. The van der Waals surface area contributed by atoms with Gasteiger partial charge >= 0.3 is 0 Å². The smallest absolute Gasteiger partial charge is 0.241 e. The Hall–Kier alpha value is -2.26. The minimum absolute atomic E-state index is 0.0195. The van der Waals surface area contributed by atoms with Crippen molar-refractivity contribution in [1.82, 2.24) is 19.8 Å². The van der Waals surface area contributed by atoms with Crippen LogP contribution >= 0.6 is 0 Å². The van der Waals surface area contributed by atoms with Gasteiger partial charge in [0.15, 0.2) is 5.82 Å². The molecule has 4 rings (SSSR count). The van der Waals surface area contributed by atoms with Crippen molar-refractivity contribution in [2.75, 3.05) is 0 Å². The Morgan fingerprint density at radius 3 is 3.00 bits per heavy atom. The van der Waals surface area contributed by atoms with Crippen LogP contribution in [0.5, 0.6) is 0 Å². The average Bonchev–Trinajstić information content (AvgIpc) is 3.22. The van der Waals surface area contributed by atoms with Crippen LogP contribution in [0.2, 0.25) is 0 Å². The highest BCUT2D eigenvalue weighted by Crippen LogP contribution is 2.27. The monoisotopic (exact) mass is 350 g/mol. The van der Waals surface area contributed by atoms with Gasteiger partial charge < -0.3 is 9.51 Å². The first-order valence-electron chi connectivity index (χ1n) is 7.57. The molecule has 1 aromatic carbocycles. The number of hydrogen-bond donors (Lipinski definition) is 2. The Morgan fingerprint density at radius 1 is 1.38 bits per heavy atom. The quantitative estimate of drug-likeness (QED) is 0.707. The molecule has 0 atom stereocenters. The number of sulfonamides is 1. The lowest BCUT2D eigenvalue weighted by Gasteiger charge is -2.00. The molecule has 0 amide bonds. The molecule has 9 heteroatoms. The maximum atomic E-state index is 13.4. The number of aromatic amines is 1. The highest BCUT2D eigenvalue weighted by molar-refractivity contribution is 7.90. The molecule has 0 aliphatic heterocycles. The number of rotatable bonds is 6. The summed E-state index contributed by atoms with van der Waals surface area (Å²) in [6, 6.07) is 4.51. The van der Waals surface area contributed by atoms with E-state index in [1.54, 1.807) is 12.3 Å². The standard InChI is InChI=1S/C15H15FN4O3S/c16-10-1-4-13-12(6-10)9(7-17-13)5-14-19-15(23-20-14)8-18-24(21,22)11-2-3-11/h1,4,6-7,11,17-18H,2-3,5,8H2. The van der Waals surface area contributed by atoms with E-state index in [2.05, 4.69) is 19.8 Å². The maximum Gasteiger partial charge on any atom is 0.241 e. The summed E-state index contributed by atoms with van der Waals surface area (Å²) in [6.45, 7) is -0.0195. The lowest BCUT2D eigenvalue weighted by molar-refractivity contribution is 0.371. The molecule has 0 spiro atoms. The molecule has 0 unspecified atom stereocenters. The highest BCUT2D eigenvalue weighted by atomic mass is 32.2. The van der Waals surface area contributed by atoms with Crippen molar-refractivity contribution >= 4 is 20.9 Å². The highest BCUT2D eigenvalue weighted by Gasteiger charge is 2.35. The van der Waals surface area contributed by atoms with Crippen LogP contribution in [0.1, 0.15) is 30.1 Å². The van der Waals surface area contributed by atoms with Gasteiger partial charge in [0.2, 0.25) is 15.9 Å². The predicted octanol–water partition coefficient (Wildman–Crippen LogP) is 1.86. The minimum atomic E-state index is -3.28. The molecule has 0 radical (unpaired) electrons. The Labute approximate surface area is 137 Å². The molecule has 2 aromatic heterocycles. The second-order valence-electron chi connectivity index (χ2n) is 5.85. The summed E-state index contributed by atoms with van der Waals surface area (Å²) in [5.74, 6) is 0.313. The van der Waals surface area contributed by atoms with Crippen molar-refractivity contribution in [1.29, 1.82) is 0 Å². The third-order valence-corrected chi connectivity index (χ3v) is 5.87. The van der Waals surface area contributed by atoms with Gasteiger partial charge in [-0.2, -0.15) is 4.98 Å². The van der Waals surface area contributed by atoms with Crippen molar-refractivity contribution in [3.8, 4) is 0 Å². The lowest BCUT2D eigenvalue weighted by Crippen LogP contribution is -2.26. The van der Waals surface area contributed by atoms with Crippen molar-refractivity contribution < 1.29 is 17.3 Å². The Balaban J connectivity index is 1.47. The first-order chi connectivity index (χ1) is 11.5. The zero-order chi connectivity index (χ0) is 16.7. The molecule has 0 bridgehead atoms. The van der Waals surface area contributed by atoms with Crippen LogP contribution in [0.3, 0.4) is 0 Å². The third kappa shape index (κ3) is 3.04. The summed E-state index contributed by atoms with van der Waals surface area (Å²) in [4.78, 5) is 7.25. The fraction of sp³-hybridized carbons (Fsp3) is 0.333. The number of hydrogen-bond acceptors (Lipinski definition) is 5. The fourth-order valence-electron chi connectivity index (χ4n) is 2.56. The second-order valence-corrected chi connectivity index (χ2v) is 7.90. The Kier molecular flexibility index (Phi) is 3.61. The molecule has 2 heterocycles. The van der Waals surface area contributed by atoms with Crippen molar-refractivity contribution in [3.63, 3.8) is 0 Å². The van der Waals surface area contributed by atoms with Crippen molar-refractivity contribution in [3.05, 3.63) is 47.5 Å². The fourth-order valence-corrected chi connectivity index (χ4v) is 3.88. The Morgan fingerprint density at radius 2 is 2.21 bits per heavy atom. The first-order valence-corrected chi connectivity index (χ1v) is 9.11. The summed E-state index contributed by atoms with van der Waals surface area (Å²) >= 11 is 0. The van der Waals surface area contributed by atoms with Crippen LogP contribution in [0.15, 0.2) is 28.9 Å². The minimum Gasteiger partial charge on any atom is -0.361 e. The van der Waals surface area contributed by atoms with E-state index in [1.165, 1.54) is 12.1 Å². The number of nitrogens with zero attached hydrogens (tertiary/aromatic N) is 2. The van der Waals surface area contributed by atoms with Crippen LogP contribution in [-0.2, 0) is 23.0 Å². The average molecular weight is 350 g/mol. The number of benzene rings is 1. The first kappa shape index (κ1) is 15.3. The van der Waals surface area contributed by atoms with E-state index >= 15 is 0 Å². The van der Waals surface area contributed by atoms with Gasteiger partial charge in [-0.3, -0.25) is 0 Å². The van der Waals surface area contributed by atoms with E-state index in [-0.39, 0.29) is 23.5 Å². The number of aromatic nitrogens is 3. The summed E-state index contributed by atoms with van der Waals surface area (Å²) in [7, 11) is -3.28. The molecular weight excluding hydrogens is 335 g/mol. The van der Waals surface area contributed by atoms with Gasteiger partial charge in [0.05, 0.1) is 11.8 Å². The zero-order valence-electron chi connectivity index (χ0n) is 12.6. The summed E-state index contributed by atoms with van der Waals surface area (Å²) < 4.78 is 44.5. The molecule has 0 saturated heterocycles. The summed E-state index contributed by atoms with van der Waals surface area (Å²) in [5, 5.41) is 4.32. The molecule has 1 aliphatic carbocycles. The van der Waals surface area contributed by atoms with Crippen LogP contribution in [0.4, 0.5) is 4.39 Å². The molecule has 1 saturated carbocycles. The summed E-state index contributed by atoms with van der Waals surface area (Å²) in [5.41, 5.74) is 1.67. The van der Waals surface area contributed by atoms with Gasteiger partial charge in [-0.1, -0.05) is 5.16 Å². The molecule has 1 fully saturated rings. The number of halogens is 1. The third-order valence-electron chi connectivity index (χ3n) is 3.98. The maximum absolute atomic E-state index is 13.4. The number of H-pyrrole nitrogens is 1. The van der Waals surface area contributed by atoms with Crippen LogP contribution in [-0.4, -0.2) is 28.8 Å². The zero-order valence-corrected chi connectivity index (χ0v) is 13.4. The van der Waals surface area contributed by atoms with E-state index in [0.717, 1.165) is 16.5 Å². The normalized spacial score (nSPS) is 15.2. The van der Waals surface area contributed by atoms with Gasteiger partial charge in [0.25, 0.3) is 0 Å². The van der Waals surface area contributed by atoms with Gasteiger partial charge in [-0.15, -0.1) is 0 Å². The predicted molar refractivity (Wildman–Crippen MR) is 84.1 cm³/mol. The van der Waals surface area contributed by atoms with E-state index in [0.29, 0.717) is 25.1 Å². The van der Waals surface area contributed by atoms with E-state index < -0.39 is 10.0 Å². The van der Waals surface area contributed by atoms with Crippen molar-refractivity contribution in [2.45, 2.75) is 31.1 Å². The van der Waals surface area contributed by atoms with E-state index in [4.69, 9.17) is 4.52 Å². The topological polar surface area (TPSA) is 101 Å². The van der Waals surface area contributed by atoms with Crippen LogP contribution in [0, 0.1) is 5.82 Å². The Bertz CT molecular complexity index is 991. The molecule has 3 aromatic rings. The second kappa shape index (κ2) is 5.67. The lowest BCUT2D eigenvalue weighted by atomic mass is 10.1. The molecule has 126 valence electrons. The largest absolute Gasteiger partial charge is 0.361 e.